The lowest BCUT2D eigenvalue weighted by Crippen LogP contribution is -2.75. The normalized spacial score (nSPS) is 29.1. The number of hydrogen-bond donors (Lipinski definition) is 0. The van der Waals surface area contributed by atoms with Crippen molar-refractivity contribution in [3.05, 3.63) is 28.9 Å². The summed E-state index contributed by atoms with van der Waals surface area (Å²) in [5.74, 6) is 1.65. The number of fused-ring (bicyclic) bond motifs is 2. The van der Waals surface area contributed by atoms with Gasteiger partial charge in [-0.3, -0.25) is 4.90 Å². The van der Waals surface area contributed by atoms with E-state index in [2.05, 4.69) is 42.9 Å². The lowest BCUT2D eigenvalue weighted by Gasteiger charge is -2.63. The first kappa shape index (κ1) is 27.1. The second-order valence-corrected chi connectivity index (χ2v) is 13.2. The fourth-order valence-corrected chi connectivity index (χ4v) is 6.75. The van der Waals surface area contributed by atoms with Gasteiger partial charge in [-0.05, 0) is 91.3 Å². The molecule has 0 radical (unpaired) electrons. The van der Waals surface area contributed by atoms with Crippen molar-refractivity contribution in [3.8, 4) is 17.1 Å². The highest BCUT2D eigenvalue weighted by Crippen LogP contribution is 2.52. The van der Waals surface area contributed by atoms with E-state index < -0.39 is 35.0 Å². The molecule has 1 amide bonds. The summed E-state index contributed by atoms with van der Waals surface area (Å²) < 4.78 is 28.9. The molecule has 3 heterocycles. The van der Waals surface area contributed by atoms with Crippen molar-refractivity contribution in [1.82, 2.24) is 20.1 Å². The lowest BCUT2D eigenvalue weighted by atomic mass is 9.66. The Morgan fingerprint density at radius 3 is 2.55 bits per heavy atom. The van der Waals surface area contributed by atoms with Crippen LogP contribution < -0.4 is 9.64 Å². The second kappa shape index (κ2) is 9.61. The van der Waals surface area contributed by atoms with Gasteiger partial charge in [-0.25, -0.2) is 14.2 Å². The maximum atomic E-state index is 16.7. The smallest absolute Gasteiger partial charge is 0.411 e. The molecule has 2 aliphatic heterocycles. The van der Waals surface area contributed by atoms with Crippen LogP contribution in [0.15, 0.2) is 28.9 Å². The summed E-state index contributed by atoms with van der Waals surface area (Å²) in [6.07, 6.45) is 4.66. The highest BCUT2D eigenvalue weighted by Gasteiger charge is 2.63. The minimum atomic E-state index is -1.28. The molecule has 0 spiro atoms. The predicted octanol–water partition coefficient (Wildman–Crippen LogP) is 6.33. The highest BCUT2D eigenvalue weighted by atomic mass is 79.9. The molecule has 2 bridgehead atoms. The van der Waals surface area contributed by atoms with Gasteiger partial charge in [0.15, 0.2) is 11.6 Å². The first-order valence-electron chi connectivity index (χ1n) is 13.4. The third kappa shape index (κ3) is 4.84. The third-order valence-electron chi connectivity index (χ3n) is 8.12. The van der Waals surface area contributed by atoms with Gasteiger partial charge in [-0.2, -0.15) is 0 Å². The van der Waals surface area contributed by atoms with Gasteiger partial charge in [0, 0.05) is 16.1 Å². The molecular weight excluding hydrogens is 553 g/mol. The molecule has 4 atom stereocenters. The van der Waals surface area contributed by atoms with E-state index in [-0.39, 0.29) is 6.04 Å². The quantitative estimate of drug-likeness (QED) is 0.403. The number of alkyl halides is 1. The summed E-state index contributed by atoms with van der Waals surface area (Å²) in [5.41, 5.74) is -1.42. The van der Waals surface area contributed by atoms with Crippen LogP contribution in [0.3, 0.4) is 0 Å². The van der Waals surface area contributed by atoms with E-state index in [1.807, 2.05) is 45.9 Å². The number of benzene rings is 1. The maximum Gasteiger partial charge on any atom is 0.411 e. The van der Waals surface area contributed by atoms with Crippen molar-refractivity contribution in [1.29, 1.82) is 0 Å². The second-order valence-electron chi connectivity index (χ2n) is 12.3. The van der Waals surface area contributed by atoms with E-state index in [1.165, 1.54) is 0 Å². The SMILES string of the molecule is COc1cc(Br)ccc1-c1ncc(N(C2CC2)[C@H]2C[C@]3(C)CCC[C@](C)([C@H]2F)N3C(=O)OC(C)(C)C)nn1. The molecule has 10 heteroatoms. The third-order valence-corrected chi connectivity index (χ3v) is 8.62. The molecule has 2 aromatic rings. The van der Waals surface area contributed by atoms with E-state index in [0.717, 1.165) is 35.7 Å². The lowest BCUT2D eigenvalue weighted by molar-refractivity contribution is -0.127. The average Bonchev–Trinajstić information content (AvgIpc) is 3.67. The Labute approximate surface area is 232 Å². The van der Waals surface area contributed by atoms with Gasteiger partial charge >= 0.3 is 6.09 Å². The molecule has 2 saturated heterocycles. The molecular formula is C28H37BrFN5O3. The van der Waals surface area contributed by atoms with Crippen LogP contribution >= 0.6 is 15.9 Å². The Hall–Kier alpha value is -2.49. The number of methoxy groups -OCH3 is 1. The average molecular weight is 591 g/mol. The summed E-state index contributed by atoms with van der Waals surface area (Å²) in [5, 5.41) is 8.96. The van der Waals surface area contributed by atoms with Crippen molar-refractivity contribution >= 4 is 27.8 Å². The molecule has 38 heavy (non-hydrogen) atoms. The molecule has 1 aromatic carbocycles. The topological polar surface area (TPSA) is 80.7 Å². The molecule has 1 aromatic heterocycles. The number of nitrogens with zero attached hydrogens (tertiary/aromatic N) is 5. The van der Waals surface area contributed by atoms with E-state index in [1.54, 1.807) is 18.2 Å². The zero-order chi connectivity index (χ0) is 27.5. The number of carbonyl (C=O) groups excluding carboxylic acids is 1. The van der Waals surface area contributed by atoms with Crippen LogP contribution in [0.1, 0.15) is 73.1 Å². The number of amides is 1. The molecule has 1 saturated carbocycles. The Kier molecular flexibility index (Phi) is 6.85. The number of aromatic nitrogens is 3. The molecule has 3 fully saturated rings. The van der Waals surface area contributed by atoms with Gasteiger partial charge in [-0.1, -0.05) is 15.9 Å². The van der Waals surface area contributed by atoms with Crippen molar-refractivity contribution in [3.63, 3.8) is 0 Å². The van der Waals surface area contributed by atoms with E-state index >= 15 is 4.39 Å². The van der Waals surface area contributed by atoms with Gasteiger partial charge in [0.25, 0.3) is 0 Å². The van der Waals surface area contributed by atoms with Crippen LogP contribution in [0.2, 0.25) is 0 Å². The molecule has 0 N–H and O–H groups in total. The van der Waals surface area contributed by atoms with E-state index in [9.17, 15) is 4.79 Å². The summed E-state index contributed by atoms with van der Waals surface area (Å²) in [7, 11) is 1.60. The Balaban J connectivity index is 1.47. The van der Waals surface area contributed by atoms with Crippen LogP contribution in [0, 0.1) is 0 Å². The molecule has 5 rings (SSSR count). The van der Waals surface area contributed by atoms with Gasteiger partial charge in [0.1, 0.15) is 17.5 Å². The van der Waals surface area contributed by atoms with Gasteiger partial charge < -0.3 is 14.4 Å². The molecule has 8 nitrogen and oxygen atoms in total. The number of carbonyl (C=O) groups is 1. The summed E-state index contributed by atoms with van der Waals surface area (Å²) in [6, 6.07) is 5.38. The first-order valence-corrected chi connectivity index (χ1v) is 14.1. The summed E-state index contributed by atoms with van der Waals surface area (Å²) >= 11 is 3.46. The number of piperidine rings is 2. The summed E-state index contributed by atoms with van der Waals surface area (Å²) in [4.78, 5) is 21.8. The number of halogens is 2. The largest absolute Gasteiger partial charge is 0.496 e. The van der Waals surface area contributed by atoms with Crippen LogP contribution in [0.25, 0.3) is 11.4 Å². The minimum absolute atomic E-state index is 0.184. The van der Waals surface area contributed by atoms with Crippen LogP contribution in [-0.2, 0) is 4.74 Å². The van der Waals surface area contributed by atoms with Crippen molar-refractivity contribution in [2.45, 2.75) is 108 Å². The highest BCUT2D eigenvalue weighted by molar-refractivity contribution is 9.10. The number of rotatable bonds is 5. The number of hydrogen-bond acceptors (Lipinski definition) is 7. The van der Waals surface area contributed by atoms with Crippen molar-refractivity contribution < 1.29 is 18.7 Å². The monoisotopic (exact) mass is 589 g/mol. The Morgan fingerprint density at radius 1 is 1.21 bits per heavy atom. The fourth-order valence-electron chi connectivity index (χ4n) is 6.41. The van der Waals surface area contributed by atoms with Crippen LogP contribution in [-0.4, -0.2) is 68.2 Å². The maximum absolute atomic E-state index is 16.7. The number of ether oxygens (including phenoxy) is 2. The van der Waals surface area contributed by atoms with Gasteiger partial charge in [0.2, 0.25) is 0 Å². The van der Waals surface area contributed by atoms with Crippen molar-refractivity contribution in [2.75, 3.05) is 12.0 Å². The fraction of sp³-hybridized carbons (Fsp3) is 0.643. The zero-order valence-electron chi connectivity index (χ0n) is 23.0. The predicted molar refractivity (Wildman–Crippen MR) is 147 cm³/mol. The minimum Gasteiger partial charge on any atom is -0.496 e. The van der Waals surface area contributed by atoms with E-state index in [4.69, 9.17) is 9.47 Å². The van der Waals surface area contributed by atoms with Crippen LogP contribution in [0.4, 0.5) is 15.0 Å². The van der Waals surface area contributed by atoms with Crippen molar-refractivity contribution in [2.24, 2.45) is 0 Å². The Bertz CT molecular complexity index is 1200. The van der Waals surface area contributed by atoms with Gasteiger partial charge in [0.05, 0.1) is 30.5 Å². The zero-order valence-corrected chi connectivity index (χ0v) is 24.6. The number of anilines is 1. The van der Waals surface area contributed by atoms with Crippen LogP contribution in [0.5, 0.6) is 5.75 Å². The summed E-state index contributed by atoms with van der Waals surface area (Å²) in [6.45, 7) is 9.49. The molecule has 3 aliphatic rings. The Morgan fingerprint density at radius 2 is 1.95 bits per heavy atom. The molecule has 206 valence electrons. The van der Waals surface area contributed by atoms with Gasteiger partial charge in [-0.15, -0.1) is 10.2 Å². The molecule has 1 aliphatic carbocycles. The standard InChI is InChI=1S/C28H37BrFN5O3/c1-26(2,3)38-25(36)35-27(4)12-7-13-28(35,5)23(30)20(15-27)34(18-9-10-18)22-16-31-24(33-32-22)19-11-8-17(29)14-21(19)37-6/h8,11,14,16,18,20,23H,7,9-10,12-13,15H2,1-6H3/t20-,23-,27-,28+/m0/s1. The molecule has 0 unspecified atom stereocenters. The van der Waals surface area contributed by atoms with E-state index in [0.29, 0.717) is 30.2 Å². The first-order chi connectivity index (χ1) is 17.9.